The molecule has 7 nitrogen and oxygen atoms in total. The summed E-state index contributed by atoms with van der Waals surface area (Å²) in [6, 6.07) is 0. The van der Waals surface area contributed by atoms with Crippen LogP contribution < -0.4 is 0 Å². The molecule has 1 heterocycles. The molecule has 0 radical (unpaired) electrons. The number of ether oxygens (including phenoxy) is 2. The molecule has 0 aromatic carbocycles. The highest BCUT2D eigenvalue weighted by atomic mass is 16.6. The van der Waals surface area contributed by atoms with E-state index in [-0.39, 0.29) is 17.5 Å². The third-order valence-electron chi connectivity index (χ3n) is 5.99. The fourth-order valence-corrected chi connectivity index (χ4v) is 4.12. The van der Waals surface area contributed by atoms with Crippen LogP contribution >= 0.6 is 0 Å². The molecule has 0 saturated carbocycles. The number of hydrogen-bond acceptors (Lipinski definition) is 7. The van der Waals surface area contributed by atoms with Gasteiger partial charge in [0.2, 0.25) is 0 Å². The summed E-state index contributed by atoms with van der Waals surface area (Å²) in [5.74, 6) is -2.01. The zero-order valence-corrected chi connectivity index (χ0v) is 18.1. The second-order valence-electron chi connectivity index (χ2n) is 8.32. The number of hydrogen-bond donors (Lipinski definition) is 4. The van der Waals surface area contributed by atoms with E-state index in [4.69, 9.17) is 14.9 Å². The minimum absolute atomic E-state index is 0.0881. The van der Waals surface area contributed by atoms with Crippen LogP contribution in [0.2, 0.25) is 0 Å². The van der Waals surface area contributed by atoms with Crippen molar-refractivity contribution in [3.63, 3.8) is 0 Å². The van der Waals surface area contributed by atoms with Crippen molar-refractivity contribution in [1.82, 2.24) is 0 Å². The third kappa shape index (κ3) is 6.24. The van der Waals surface area contributed by atoms with E-state index in [0.717, 1.165) is 0 Å². The Kier molecular flexibility index (Phi) is 10.0. The van der Waals surface area contributed by atoms with Gasteiger partial charge in [-0.3, -0.25) is 4.79 Å². The number of aliphatic hydroxyl groups excluding tert-OH is 3. The molecule has 164 valence electrons. The first-order valence-corrected chi connectivity index (χ1v) is 10.5. The highest BCUT2D eigenvalue weighted by molar-refractivity contribution is 5.86. The summed E-state index contributed by atoms with van der Waals surface area (Å²) >= 11 is 0. The lowest BCUT2D eigenvalue weighted by Crippen LogP contribution is -2.47. The first-order chi connectivity index (χ1) is 13.0. The molecule has 0 aromatic heterocycles. The van der Waals surface area contributed by atoms with E-state index < -0.39 is 48.3 Å². The maximum atomic E-state index is 12.7. The van der Waals surface area contributed by atoms with Crippen molar-refractivity contribution in [2.24, 2.45) is 23.7 Å². The Morgan fingerprint density at radius 3 is 2.18 bits per heavy atom. The summed E-state index contributed by atoms with van der Waals surface area (Å²) in [6.07, 6.45) is -3.30. The van der Waals surface area contributed by atoms with Gasteiger partial charge in [-0.2, -0.15) is 0 Å². The number of esters is 1. The molecule has 1 rings (SSSR count). The summed E-state index contributed by atoms with van der Waals surface area (Å²) in [5.41, 5.74) is 0.270. The predicted octanol–water partition coefficient (Wildman–Crippen LogP) is 2.15. The van der Waals surface area contributed by atoms with Gasteiger partial charge in [-0.1, -0.05) is 27.7 Å². The quantitative estimate of drug-likeness (QED) is 0.538. The molecule has 5 unspecified atom stereocenters. The molecule has 0 amide bonds. The zero-order chi connectivity index (χ0) is 21.6. The van der Waals surface area contributed by atoms with Crippen LogP contribution in [0, 0.1) is 29.1 Å². The Morgan fingerprint density at radius 1 is 1.04 bits per heavy atom. The van der Waals surface area contributed by atoms with Gasteiger partial charge in [0.1, 0.15) is 12.2 Å². The SMILES string of the molecule is CCO[C@@H]1C(C)C(=O)O[C@H](CC)C(O)C(O)C(C)C(=N)[C@H](C)CC(O)C[C@H]1C. The normalized spacial score (nSPS) is 42.0. The fourth-order valence-electron chi connectivity index (χ4n) is 4.12. The zero-order valence-electron chi connectivity index (χ0n) is 18.1. The van der Waals surface area contributed by atoms with Crippen molar-refractivity contribution in [1.29, 1.82) is 5.41 Å². The Morgan fingerprint density at radius 2 is 1.64 bits per heavy atom. The van der Waals surface area contributed by atoms with Gasteiger partial charge in [-0.15, -0.1) is 0 Å². The Hall–Kier alpha value is -1.02. The van der Waals surface area contributed by atoms with Crippen LogP contribution in [-0.2, 0) is 14.3 Å². The molecule has 7 heteroatoms. The van der Waals surface area contributed by atoms with E-state index in [1.807, 2.05) is 20.8 Å². The molecular formula is C21H39NO6. The summed E-state index contributed by atoms with van der Waals surface area (Å²) in [7, 11) is 0. The van der Waals surface area contributed by atoms with E-state index >= 15 is 0 Å². The average molecular weight is 402 g/mol. The van der Waals surface area contributed by atoms with Gasteiger partial charge >= 0.3 is 5.97 Å². The number of cyclic esters (lactones) is 1. The fraction of sp³-hybridized carbons (Fsp3) is 0.905. The minimum atomic E-state index is -1.29. The van der Waals surface area contributed by atoms with Gasteiger partial charge in [0.05, 0.1) is 24.2 Å². The van der Waals surface area contributed by atoms with E-state index in [2.05, 4.69) is 0 Å². The van der Waals surface area contributed by atoms with Crippen LogP contribution in [0.5, 0.6) is 0 Å². The predicted molar refractivity (Wildman–Crippen MR) is 107 cm³/mol. The lowest BCUT2D eigenvalue weighted by molar-refractivity contribution is -0.172. The van der Waals surface area contributed by atoms with Crippen LogP contribution in [0.1, 0.15) is 60.8 Å². The molecule has 1 aliphatic heterocycles. The largest absolute Gasteiger partial charge is 0.459 e. The number of aliphatic hydroxyl groups is 3. The lowest BCUT2D eigenvalue weighted by atomic mass is 9.81. The number of carbonyl (C=O) groups excluding carboxylic acids is 1. The van der Waals surface area contributed by atoms with Gasteiger partial charge in [-0.05, 0) is 44.9 Å². The Balaban J connectivity index is 3.21. The molecule has 0 spiro atoms. The second kappa shape index (κ2) is 11.2. The van der Waals surface area contributed by atoms with Crippen molar-refractivity contribution in [2.45, 2.75) is 91.3 Å². The monoisotopic (exact) mass is 401 g/mol. The van der Waals surface area contributed by atoms with Crippen molar-refractivity contribution in [3.05, 3.63) is 0 Å². The summed E-state index contributed by atoms with van der Waals surface area (Å²) in [6.45, 7) is 11.3. The number of rotatable bonds is 3. The first-order valence-electron chi connectivity index (χ1n) is 10.5. The van der Waals surface area contributed by atoms with Crippen molar-refractivity contribution in [2.75, 3.05) is 6.61 Å². The maximum absolute atomic E-state index is 12.7. The molecule has 0 bridgehead atoms. The van der Waals surface area contributed by atoms with Crippen LogP contribution in [0.15, 0.2) is 0 Å². The summed E-state index contributed by atoms with van der Waals surface area (Å²) < 4.78 is 11.3. The molecule has 28 heavy (non-hydrogen) atoms. The molecule has 1 saturated heterocycles. The van der Waals surface area contributed by atoms with Crippen molar-refractivity contribution < 1.29 is 29.6 Å². The van der Waals surface area contributed by atoms with Gasteiger partial charge < -0.3 is 30.2 Å². The van der Waals surface area contributed by atoms with Crippen LogP contribution in [0.25, 0.3) is 0 Å². The molecular weight excluding hydrogens is 362 g/mol. The first kappa shape index (κ1) is 25.0. The van der Waals surface area contributed by atoms with E-state index in [1.54, 1.807) is 20.8 Å². The second-order valence-corrected chi connectivity index (χ2v) is 8.32. The molecule has 0 aromatic rings. The third-order valence-corrected chi connectivity index (χ3v) is 5.99. The number of nitrogens with one attached hydrogen (secondary N) is 1. The summed E-state index contributed by atoms with van der Waals surface area (Å²) in [4.78, 5) is 12.7. The highest BCUT2D eigenvalue weighted by Crippen LogP contribution is 2.28. The van der Waals surface area contributed by atoms with Crippen molar-refractivity contribution >= 4 is 11.7 Å². The molecule has 4 N–H and O–H groups in total. The van der Waals surface area contributed by atoms with Gasteiger partial charge in [0, 0.05) is 18.2 Å². The van der Waals surface area contributed by atoms with E-state index in [1.165, 1.54) is 0 Å². The van der Waals surface area contributed by atoms with Gasteiger partial charge in [0.25, 0.3) is 0 Å². The maximum Gasteiger partial charge on any atom is 0.311 e. The Labute approximate surface area is 168 Å². The van der Waals surface area contributed by atoms with Gasteiger partial charge in [-0.25, -0.2) is 0 Å². The van der Waals surface area contributed by atoms with Crippen LogP contribution in [-0.4, -0.2) is 64.1 Å². The summed E-state index contributed by atoms with van der Waals surface area (Å²) in [5, 5.41) is 40.1. The van der Waals surface area contributed by atoms with Gasteiger partial charge in [0.15, 0.2) is 0 Å². The van der Waals surface area contributed by atoms with Crippen molar-refractivity contribution in [3.8, 4) is 0 Å². The topological polar surface area (TPSA) is 120 Å². The standard InChI is InChI=1S/C21H39NO6/c1-7-16-19(25)18(24)13(5)17(22)11(3)9-15(23)10-12(4)20(27-8-2)14(6)21(26)28-16/h11-16,18-20,22-25H,7-10H2,1-6H3/t11-,12-,13?,14?,15?,16-,18?,19?,20+/m1/s1. The van der Waals surface area contributed by atoms with E-state index in [9.17, 15) is 20.1 Å². The average Bonchev–Trinajstić information content (AvgIpc) is 2.65. The molecule has 1 aliphatic rings. The van der Waals surface area contributed by atoms with Crippen LogP contribution in [0.3, 0.4) is 0 Å². The number of carbonyl (C=O) groups is 1. The molecule has 9 atom stereocenters. The molecule has 1 fully saturated rings. The minimum Gasteiger partial charge on any atom is -0.459 e. The van der Waals surface area contributed by atoms with E-state index in [0.29, 0.717) is 25.9 Å². The lowest BCUT2D eigenvalue weighted by Gasteiger charge is -2.35. The molecule has 0 aliphatic carbocycles. The highest BCUT2D eigenvalue weighted by Gasteiger charge is 2.38. The van der Waals surface area contributed by atoms with Crippen LogP contribution in [0.4, 0.5) is 0 Å². The smallest absolute Gasteiger partial charge is 0.311 e. The Bertz CT molecular complexity index is 513.